The maximum atomic E-state index is 15.1. The van der Waals surface area contributed by atoms with E-state index in [1.54, 1.807) is 0 Å². The van der Waals surface area contributed by atoms with Gasteiger partial charge < -0.3 is 25.4 Å². The maximum absolute atomic E-state index is 15.1. The Morgan fingerprint density at radius 1 is 1.20 bits per heavy atom. The molecule has 1 unspecified atom stereocenters. The van der Waals surface area contributed by atoms with Crippen molar-refractivity contribution in [3.63, 3.8) is 0 Å². The number of halogens is 1. The minimum absolute atomic E-state index is 0.0776. The van der Waals surface area contributed by atoms with Crippen molar-refractivity contribution in [3.05, 3.63) is 36.9 Å². The smallest absolute Gasteiger partial charge is 0.233 e. The molecule has 0 radical (unpaired) electrons. The fourth-order valence-electron chi connectivity index (χ4n) is 3.26. The number of hydrogen-bond donors (Lipinski definition) is 3. The van der Waals surface area contributed by atoms with Gasteiger partial charge in [0.15, 0.2) is 17.7 Å². The fourth-order valence-corrected chi connectivity index (χ4v) is 4.61. The number of aliphatic hydroxyl groups is 2. The molecule has 1 saturated heterocycles. The van der Waals surface area contributed by atoms with Gasteiger partial charge >= 0.3 is 0 Å². The molecule has 160 valence electrons. The molecule has 4 N–H and O–H groups in total. The molecule has 30 heavy (non-hydrogen) atoms. The molecule has 0 spiro atoms. The first-order chi connectivity index (χ1) is 14.3. The molecule has 0 amide bonds. The highest BCUT2D eigenvalue weighted by atomic mass is 32.2. The van der Waals surface area contributed by atoms with Gasteiger partial charge in [-0.1, -0.05) is 0 Å². The van der Waals surface area contributed by atoms with E-state index in [0.29, 0.717) is 5.75 Å². The number of rotatable bonds is 5. The fraction of sp³-hybridized carbons (Fsp3) is 0.353. The van der Waals surface area contributed by atoms with Crippen LogP contribution >= 0.6 is 0 Å². The van der Waals surface area contributed by atoms with Crippen molar-refractivity contribution in [1.29, 1.82) is 0 Å². The number of hydrogen-bond acceptors (Lipinski definition) is 10. The average molecular weight is 439 g/mol. The summed E-state index contributed by atoms with van der Waals surface area (Å²) < 4.78 is 52.1. The minimum atomic E-state index is -4.53. The number of methoxy groups -OCH3 is 1. The number of nitrogens with zero attached hydrogens (tertiary/aromatic N) is 4. The van der Waals surface area contributed by atoms with E-state index >= 15 is 4.39 Å². The van der Waals surface area contributed by atoms with Crippen LogP contribution in [0.15, 0.2) is 41.8 Å². The second-order valence-electron chi connectivity index (χ2n) is 6.63. The van der Waals surface area contributed by atoms with Crippen LogP contribution in [0.3, 0.4) is 0 Å². The molecule has 2 aromatic heterocycles. The molecular weight excluding hydrogens is 421 g/mol. The van der Waals surface area contributed by atoms with Gasteiger partial charge in [0, 0.05) is 0 Å². The number of ether oxygens (including phenoxy) is 2. The highest BCUT2D eigenvalue weighted by Gasteiger charge is 2.52. The van der Waals surface area contributed by atoms with Gasteiger partial charge in [-0.15, -0.1) is 0 Å². The van der Waals surface area contributed by atoms with E-state index in [2.05, 4.69) is 15.0 Å². The summed E-state index contributed by atoms with van der Waals surface area (Å²) in [6.07, 6.45) is -4.27. The van der Waals surface area contributed by atoms with Crippen LogP contribution in [0.1, 0.15) is 6.23 Å². The van der Waals surface area contributed by atoms with E-state index in [-0.39, 0.29) is 21.9 Å². The molecule has 1 aliphatic rings. The molecule has 0 aliphatic carbocycles. The van der Waals surface area contributed by atoms with Crippen molar-refractivity contribution in [2.24, 2.45) is 0 Å². The first-order valence-corrected chi connectivity index (χ1v) is 10.3. The molecular formula is C17H18FN5O6S. The number of imidazole rings is 1. The third-order valence-electron chi connectivity index (χ3n) is 4.88. The topological polar surface area (TPSA) is 163 Å². The minimum Gasteiger partial charge on any atom is -0.497 e. The number of sulfone groups is 1. The Hall–Kier alpha value is -2.87. The maximum Gasteiger partial charge on any atom is 0.233 e. The quantitative estimate of drug-likeness (QED) is 0.485. The summed E-state index contributed by atoms with van der Waals surface area (Å²) in [6.45, 7) is 0. The van der Waals surface area contributed by atoms with Gasteiger partial charge in [-0.25, -0.2) is 27.8 Å². The number of benzene rings is 1. The van der Waals surface area contributed by atoms with Crippen LogP contribution in [0.4, 0.5) is 10.2 Å². The molecule has 0 bridgehead atoms. The lowest BCUT2D eigenvalue weighted by Crippen LogP contribution is -2.40. The monoisotopic (exact) mass is 439 g/mol. The lowest BCUT2D eigenvalue weighted by molar-refractivity contribution is -0.0474. The van der Waals surface area contributed by atoms with Crippen LogP contribution in [-0.2, 0) is 14.6 Å². The zero-order valence-electron chi connectivity index (χ0n) is 15.5. The normalized spacial score (nSPS) is 25.5. The molecule has 1 fully saturated rings. The first kappa shape index (κ1) is 20.4. The molecule has 1 aliphatic heterocycles. The second-order valence-corrected chi connectivity index (χ2v) is 8.64. The molecule has 5 atom stereocenters. The van der Waals surface area contributed by atoms with Crippen LogP contribution in [0.2, 0.25) is 0 Å². The molecule has 0 saturated carbocycles. The summed E-state index contributed by atoms with van der Waals surface area (Å²) in [5.74, 6) is 0.471. The third-order valence-corrected chi connectivity index (χ3v) is 6.67. The summed E-state index contributed by atoms with van der Waals surface area (Å²) in [7, 11) is -3.13. The Balaban J connectivity index is 1.64. The second kappa shape index (κ2) is 7.43. The van der Waals surface area contributed by atoms with Crippen LogP contribution < -0.4 is 10.5 Å². The summed E-state index contributed by atoms with van der Waals surface area (Å²) in [5.41, 5.74) is 3.47. The number of alkyl halides is 1. The highest BCUT2D eigenvalue weighted by molar-refractivity contribution is 7.92. The third kappa shape index (κ3) is 3.15. The number of anilines is 1. The van der Waals surface area contributed by atoms with Crippen molar-refractivity contribution in [1.82, 2.24) is 19.5 Å². The Labute approximate surface area is 169 Å². The van der Waals surface area contributed by atoms with Gasteiger partial charge in [-0.05, 0) is 24.3 Å². The van der Waals surface area contributed by atoms with Crippen molar-refractivity contribution in [3.8, 4) is 5.75 Å². The van der Waals surface area contributed by atoms with Crippen molar-refractivity contribution in [2.45, 2.75) is 34.9 Å². The Kier molecular flexibility index (Phi) is 5.05. The van der Waals surface area contributed by atoms with Crippen molar-refractivity contribution >= 4 is 26.8 Å². The Morgan fingerprint density at radius 2 is 1.90 bits per heavy atom. The van der Waals surface area contributed by atoms with Gasteiger partial charge in [0.25, 0.3) is 0 Å². The average Bonchev–Trinajstić information content (AvgIpc) is 3.30. The lowest BCUT2D eigenvalue weighted by atomic mass is 10.1. The predicted octanol–water partition coefficient (Wildman–Crippen LogP) is -0.194. The Bertz CT molecular complexity index is 1170. The SMILES string of the molecule is COc1ccc(S(=O)(=O)C(F)[C@H]2O[C@@H](n3cnc4c(N)ncnc43)[C@H](O)[C@@H]2O)cc1. The van der Waals surface area contributed by atoms with Crippen molar-refractivity contribution < 1.29 is 32.5 Å². The Morgan fingerprint density at radius 3 is 2.57 bits per heavy atom. The van der Waals surface area contributed by atoms with Gasteiger partial charge in [-0.2, -0.15) is 0 Å². The number of aliphatic hydroxyl groups excluding tert-OH is 2. The molecule has 11 nitrogen and oxygen atoms in total. The van der Waals surface area contributed by atoms with Crippen LogP contribution in [-0.4, -0.2) is 69.1 Å². The zero-order chi connectivity index (χ0) is 21.6. The van der Waals surface area contributed by atoms with Gasteiger partial charge in [0.1, 0.15) is 35.9 Å². The van der Waals surface area contributed by atoms with E-state index in [0.717, 1.165) is 6.33 Å². The van der Waals surface area contributed by atoms with Crippen LogP contribution in [0.5, 0.6) is 5.75 Å². The van der Waals surface area contributed by atoms with Gasteiger partial charge in [0.2, 0.25) is 15.3 Å². The molecule has 13 heteroatoms. The van der Waals surface area contributed by atoms with E-state index in [1.165, 1.54) is 42.3 Å². The zero-order valence-corrected chi connectivity index (χ0v) is 16.3. The summed E-state index contributed by atoms with van der Waals surface area (Å²) in [5, 5.41) is 20.7. The number of nitrogen functional groups attached to an aromatic ring is 1. The van der Waals surface area contributed by atoms with Gasteiger partial charge in [0.05, 0.1) is 18.3 Å². The molecule has 1 aromatic carbocycles. The van der Waals surface area contributed by atoms with Gasteiger partial charge in [-0.3, -0.25) is 4.57 Å². The van der Waals surface area contributed by atoms with E-state index in [9.17, 15) is 18.6 Å². The van der Waals surface area contributed by atoms with E-state index in [1.807, 2.05) is 0 Å². The summed E-state index contributed by atoms with van der Waals surface area (Å²) >= 11 is 0. The van der Waals surface area contributed by atoms with E-state index in [4.69, 9.17) is 15.2 Å². The first-order valence-electron chi connectivity index (χ1n) is 8.72. The number of nitrogens with two attached hydrogens (primary N) is 1. The van der Waals surface area contributed by atoms with Crippen LogP contribution in [0, 0.1) is 0 Å². The molecule has 3 heterocycles. The summed E-state index contributed by atoms with van der Waals surface area (Å²) in [4.78, 5) is 11.5. The molecule has 3 aromatic rings. The molecule has 4 rings (SSSR count). The lowest BCUT2D eigenvalue weighted by Gasteiger charge is -2.19. The number of fused-ring (bicyclic) bond motifs is 1. The van der Waals surface area contributed by atoms with E-state index < -0.39 is 39.9 Å². The summed E-state index contributed by atoms with van der Waals surface area (Å²) in [6, 6.07) is 5.09. The van der Waals surface area contributed by atoms with Crippen LogP contribution in [0.25, 0.3) is 11.2 Å². The standard InChI is InChI=1S/C17H18FN5O6S/c1-28-8-2-4-9(5-3-8)30(26,27)14(18)13-11(24)12(25)17(29-13)23-7-22-10-15(19)20-6-21-16(10)23/h2-7,11-14,17,24-25H,1H3,(H2,19,20,21)/t11-,12+,13-,14?,17+/m0/s1. The van der Waals surface area contributed by atoms with Crippen molar-refractivity contribution in [2.75, 3.05) is 12.8 Å². The predicted molar refractivity (Wildman–Crippen MR) is 101 cm³/mol. The number of aromatic nitrogens is 4. The highest BCUT2D eigenvalue weighted by Crippen LogP contribution is 2.36. The largest absolute Gasteiger partial charge is 0.497 e.